The van der Waals surface area contributed by atoms with E-state index in [0.29, 0.717) is 5.69 Å². The molecule has 1 aliphatic carbocycles. The molecule has 0 atom stereocenters. The third kappa shape index (κ3) is 3.34. The van der Waals surface area contributed by atoms with Crippen molar-refractivity contribution in [3.8, 4) is 0 Å². The molecule has 0 bridgehead atoms. The average Bonchev–Trinajstić information content (AvgIpc) is 2.36. The minimum Gasteiger partial charge on any atom is -0.384 e. The highest BCUT2D eigenvalue weighted by atomic mass is 32.2. The second-order valence-corrected chi connectivity index (χ2v) is 7.76. The third-order valence-electron chi connectivity index (χ3n) is 4.39. The lowest BCUT2D eigenvalue weighted by Crippen LogP contribution is -2.35. The lowest BCUT2D eigenvalue weighted by atomic mass is 9.67. The first-order chi connectivity index (χ1) is 9.77. The molecule has 0 unspecified atom stereocenters. The van der Waals surface area contributed by atoms with Crippen LogP contribution in [0.25, 0.3) is 0 Å². The number of hydrogen-bond acceptors (Lipinski definition) is 5. The van der Waals surface area contributed by atoms with Crippen LogP contribution in [0.2, 0.25) is 0 Å². The monoisotopic (exact) mass is 312 g/mol. The number of sulfone groups is 1. The zero-order chi connectivity index (χ0) is 15.7. The topological polar surface area (TPSA) is 89.3 Å². The summed E-state index contributed by atoms with van der Waals surface area (Å²) in [5.74, 6) is 0. The maximum absolute atomic E-state index is 11.7. The van der Waals surface area contributed by atoms with Gasteiger partial charge in [0, 0.05) is 24.6 Å². The van der Waals surface area contributed by atoms with Crippen molar-refractivity contribution in [2.75, 3.05) is 18.1 Å². The second kappa shape index (κ2) is 5.63. The van der Waals surface area contributed by atoms with Crippen LogP contribution in [0, 0.1) is 15.5 Å². The van der Waals surface area contributed by atoms with Crippen LogP contribution in [0.3, 0.4) is 0 Å². The predicted octanol–water partition coefficient (Wildman–Crippen LogP) is 2.99. The molecule has 0 amide bonds. The summed E-state index contributed by atoms with van der Waals surface area (Å²) in [5, 5.41) is 14.1. The molecule has 116 valence electrons. The van der Waals surface area contributed by atoms with Crippen molar-refractivity contribution in [3.05, 3.63) is 28.3 Å². The van der Waals surface area contributed by atoms with E-state index in [1.807, 2.05) is 0 Å². The van der Waals surface area contributed by atoms with Crippen molar-refractivity contribution < 1.29 is 13.3 Å². The van der Waals surface area contributed by atoms with Crippen molar-refractivity contribution >= 4 is 21.2 Å². The molecule has 0 heterocycles. The largest absolute Gasteiger partial charge is 0.384 e. The Bertz CT molecular complexity index is 645. The number of nitrogens with zero attached hydrogens (tertiary/aromatic N) is 1. The first kappa shape index (κ1) is 15.8. The summed E-state index contributed by atoms with van der Waals surface area (Å²) in [6.07, 6.45) is 5.62. The Morgan fingerprint density at radius 2 is 2.05 bits per heavy atom. The predicted molar refractivity (Wildman–Crippen MR) is 81.3 cm³/mol. The van der Waals surface area contributed by atoms with Gasteiger partial charge in [-0.05, 0) is 36.8 Å². The molecular formula is C14H20N2O4S. The molecule has 1 N–H and O–H groups in total. The van der Waals surface area contributed by atoms with Gasteiger partial charge in [0.25, 0.3) is 5.69 Å². The number of nitro groups is 1. The first-order valence-corrected chi connectivity index (χ1v) is 8.89. The zero-order valence-corrected chi connectivity index (χ0v) is 13.1. The highest BCUT2D eigenvalue weighted by Gasteiger charge is 2.34. The molecular weight excluding hydrogens is 292 g/mol. The Kier molecular flexibility index (Phi) is 4.22. The van der Waals surface area contributed by atoms with Crippen LogP contribution >= 0.6 is 0 Å². The van der Waals surface area contributed by atoms with Gasteiger partial charge < -0.3 is 5.32 Å². The fourth-order valence-corrected chi connectivity index (χ4v) is 3.56. The smallest absolute Gasteiger partial charge is 0.288 e. The highest BCUT2D eigenvalue weighted by Crippen LogP contribution is 2.43. The van der Waals surface area contributed by atoms with Gasteiger partial charge in [0.1, 0.15) is 4.90 Å². The van der Waals surface area contributed by atoms with E-state index in [4.69, 9.17) is 0 Å². The Labute approximate surface area is 124 Å². The molecule has 1 aromatic carbocycles. The van der Waals surface area contributed by atoms with Gasteiger partial charge in [-0.1, -0.05) is 13.3 Å². The van der Waals surface area contributed by atoms with Crippen molar-refractivity contribution in [1.82, 2.24) is 0 Å². The Hall–Kier alpha value is -1.63. The Morgan fingerprint density at radius 3 is 2.48 bits per heavy atom. The molecule has 1 fully saturated rings. The van der Waals surface area contributed by atoms with Gasteiger partial charge in [-0.25, -0.2) is 8.42 Å². The third-order valence-corrected chi connectivity index (χ3v) is 5.51. The molecule has 2 rings (SSSR count). The molecule has 7 heteroatoms. The molecule has 6 nitrogen and oxygen atoms in total. The van der Waals surface area contributed by atoms with E-state index in [0.717, 1.165) is 19.2 Å². The number of nitro benzene ring substituents is 1. The molecule has 0 saturated heterocycles. The van der Waals surface area contributed by atoms with Crippen LogP contribution in [-0.4, -0.2) is 26.1 Å². The summed E-state index contributed by atoms with van der Waals surface area (Å²) >= 11 is 0. The molecule has 0 aromatic heterocycles. The van der Waals surface area contributed by atoms with Crippen molar-refractivity contribution in [1.29, 1.82) is 0 Å². The number of nitrogens with one attached hydrogen (secondary N) is 1. The highest BCUT2D eigenvalue weighted by molar-refractivity contribution is 7.90. The van der Waals surface area contributed by atoms with Gasteiger partial charge >= 0.3 is 0 Å². The van der Waals surface area contributed by atoms with Gasteiger partial charge in [0.15, 0.2) is 9.84 Å². The van der Waals surface area contributed by atoms with Gasteiger partial charge in [-0.3, -0.25) is 10.1 Å². The molecule has 1 aliphatic rings. The summed E-state index contributed by atoms with van der Waals surface area (Å²) in [6, 6.07) is 4.17. The van der Waals surface area contributed by atoms with Crippen LogP contribution in [0.4, 0.5) is 11.4 Å². The Balaban J connectivity index is 2.24. The maximum Gasteiger partial charge on any atom is 0.288 e. The van der Waals surface area contributed by atoms with Crippen LogP contribution in [0.1, 0.15) is 32.6 Å². The van der Waals surface area contributed by atoms with Gasteiger partial charge in [-0.15, -0.1) is 0 Å². The molecule has 1 aromatic rings. The van der Waals surface area contributed by atoms with Crippen molar-refractivity contribution in [2.24, 2.45) is 5.41 Å². The van der Waals surface area contributed by atoms with Gasteiger partial charge in [0.2, 0.25) is 0 Å². The van der Waals surface area contributed by atoms with Gasteiger partial charge in [-0.2, -0.15) is 0 Å². The van der Waals surface area contributed by atoms with Crippen molar-refractivity contribution in [3.63, 3.8) is 0 Å². The van der Waals surface area contributed by atoms with Crippen molar-refractivity contribution in [2.45, 2.75) is 37.5 Å². The second-order valence-electron chi connectivity index (χ2n) is 5.77. The minimum atomic E-state index is -3.63. The molecule has 1 saturated carbocycles. The molecule has 0 radical (unpaired) electrons. The van der Waals surface area contributed by atoms with E-state index < -0.39 is 14.8 Å². The van der Waals surface area contributed by atoms with E-state index in [1.54, 1.807) is 6.07 Å². The fraction of sp³-hybridized carbons (Fsp3) is 0.571. The van der Waals surface area contributed by atoms with Gasteiger partial charge in [0.05, 0.1) is 4.92 Å². The normalized spacial score (nSPS) is 17.0. The van der Waals surface area contributed by atoms with E-state index in [1.165, 1.54) is 31.4 Å². The maximum atomic E-state index is 11.7. The number of rotatable bonds is 6. The standard InChI is InChI=1S/C14H20N2O4S/c1-3-14(7-4-8-14)10-15-11-5-6-12(16(17)18)13(9-11)21(2,19)20/h5-6,9,15H,3-4,7-8,10H2,1-2H3. The lowest BCUT2D eigenvalue weighted by molar-refractivity contribution is -0.387. The lowest BCUT2D eigenvalue weighted by Gasteiger charge is -2.41. The van der Waals surface area contributed by atoms with Crippen LogP contribution in [-0.2, 0) is 9.84 Å². The Morgan fingerprint density at radius 1 is 1.38 bits per heavy atom. The first-order valence-electron chi connectivity index (χ1n) is 7.00. The summed E-state index contributed by atoms with van der Waals surface area (Å²) in [5.41, 5.74) is 0.519. The van der Waals surface area contributed by atoms with Crippen LogP contribution < -0.4 is 5.32 Å². The number of benzene rings is 1. The SMILES string of the molecule is CCC1(CNc2ccc([N+](=O)[O-])c(S(C)(=O)=O)c2)CCC1. The zero-order valence-electron chi connectivity index (χ0n) is 12.3. The summed E-state index contributed by atoms with van der Waals surface area (Å²) in [6.45, 7) is 2.92. The molecule has 21 heavy (non-hydrogen) atoms. The molecule has 0 aliphatic heterocycles. The number of hydrogen-bond donors (Lipinski definition) is 1. The quantitative estimate of drug-likeness (QED) is 0.644. The van der Waals surface area contributed by atoms with E-state index >= 15 is 0 Å². The molecule has 0 spiro atoms. The van der Waals surface area contributed by atoms with Crippen LogP contribution in [0.15, 0.2) is 23.1 Å². The number of anilines is 1. The van der Waals surface area contributed by atoms with E-state index in [2.05, 4.69) is 12.2 Å². The summed E-state index contributed by atoms with van der Waals surface area (Å²) in [7, 11) is -3.63. The minimum absolute atomic E-state index is 0.239. The summed E-state index contributed by atoms with van der Waals surface area (Å²) in [4.78, 5) is 10.0. The summed E-state index contributed by atoms with van der Waals surface area (Å²) < 4.78 is 23.4. The van der Waals surface area contributed by atoms with Crippen LogP contribution in [0.5, 0.6) is 0 Å². The average molecular weight is 312 g/mol. The van der Waals surface area contributed by atoms with E-state index in [-0.39, 0.29) is 16.0 Å². The fourth-order valence-electron chi connectivity index (χ4n) is 2.69. The van der Waals surface area contributed by atoms with E-state index in [9.17, 15) is 18.5 Å².